The van der Waals surface area contributed by atoms with E-state index in [9.17, 15) is 10.2 Å². The fourth-order valence-corrected chi connectivity index (χ4v) is 6.05. The van der Waals surface area contributed by atoms with E-state index in [0.717, 1.165) is 34.8 Å². The zero-order valence-electron chi connectivity index (χ0n) is 14.3. The number of phenols is 1. The molecule has 4 nitrogen and oxygen atoms in total. The fraction of sp³-hybridized carbons (Fsp3) is 0.500. The smallest absolute Gasteiger partial charge is 0.131 e. The summed E-state index contributed by atoms with van der Waals surface area (Å²) in [6, 6.07) is 6.58. The number of aromatic hydroxyl groups is 1. The number of aromatic nitrogens is 1. The quantitative estimate of drug-likeness (QED) is 0.558. The van der Waals surface area contributed by atoms with Crippen LogP contribution in [0, 0.1) is 11.8 Å². The first-order valence-electron chi connectivity index (χ1n) is 9.01. The summed E-state index contributed by atoms with van der Waals surface area (Å²) in [6.07, 6.45) is 4.39. The maximum absolute atomic E-state index is 10.1. The van der Waals surface area contributed by atoms with Crippen LogP contribution in [0.5, 0.6) is 5.75 Å². The maximum Gasteiger partial charge on any atom is 0.131 e. The molecule has 1 aromatic heterocycles. The lowest BCUT2D eigenvalue weighted by Crippen LogP contribution is -2.70. The van der Waals surface area contributed by atoms with Crippen molar-refractivity contribution in [3.05, 3.63) is 41.1 Å². The summed E-state index contributed by atoms with van der Waals surface area (Å²) in [5, 5.41) is 21.2. The second-order valence-electron chi connectivity index (χ2n) is 8.09. The molecule has 4 aliphatic heterocycles. The summed E-state index contributed by atoms with van der Waals surface area (Å²) in [5.74, 6) is 1.20. The van der Waals surface area contributed by atoms with Crippen molar-refractivity contribution >= 4 is 10.9 Å². The molecule has 0 spiro atoms. The number of fused-ring (bicyclic) bond motifs is 4. The number of phenolic OH excluding ortho intramolecular Hbond substituents is 1. The molecule has 0 aliphatic carbocycles. The van der Waals surface area contributed by atoms with Gasteiger partial charge in [-0.25, -0.2) is 0 Å². The topological polar surface area (TPSA) is 56.2 Å². The monoisotopic (exact) mass is 325 g/mol. The second-order valence-corrected chi connectivity index (χ2v) is 8.09. The minimum Gasteiger partial charge on any atom is -0.508 e. The lowest BCUT2D eigenvalue weighted by Gasteiger charge is -2.62. The number of aliphatic hydroxyl groups is 1. The molecule has 0 radical (unpaired) electrons. The van der Waals surface area contributed by atoms with Crippen LogP contribution in [0.15, 0.2) is 29.8 Å². The largest absolute Gasteiger partial charge is 0.508 e. The van der Waals surface area contributed by atoms with Crippen LogP contribution >= 0.6 is 0 Å². The van der Waals surface area contributed by atoms with Gasteiger partial charge in [0.05, 0.1) is 25.4 Å². The number of quaternary nitrogens is 1. The number of nitrogens with one attached hydrogen (secondary N) is 1. The van der Waals surface area contributed by atoms with Crippen molar-refractivity contribution < 1.29 is 14.7 Å². The molecule has 126 valence electrons. The average Bonchev–Trinajstić information content (AvgIpc) is 2.91. The van der Waals surface area contributed by atoms with Crippen molar-refractivity contribution in [1.29, 1.82) is 0 Å². The van der Waals surface area contributed by atoms with Gasteiger partial charge in [-0.2, -0.15) is 0 Å². The number of H-pyrrole nitrogens is 1. The van der Waals surface area contributed by atoms with Crippen molar-refractivity contribution in [3.8, 4) is 5.75 Å². The first-order chi connectivity index (χ1) is 11.6. The van der Waals surface area contributed by atoms with Gasteiger partial charge in [0.25, 0.3) is 0 Å². The van der Waals surface area contributed by atoms with E-state index in [0.29, 0.717) is 29.7 Å². The number of rotatable bonds is 1. The van der Waals surface area contributed by atoms with Crippen LogP contribution in [0.2, 0.25) is 0 Å². The van der Waals surface area contributed by atoms with Gasteiger partial charge in [-0.1, -0.05) is 6.08 Å². The van der Waals surface area contributed by atoms with Gasteiger partial charge >= 0.3 is 0 Å². The molecule has 0 amide bonds. The average molecular weight is 325 g/mol. The van der Waals surface area contributed by atoms with Gasteiger partial charge in [-0.05, 0) is 36.3 Å². The Kier molecular flexibility index (Phi) is 2.82. The van der Waals surface area contributed by atoms with Crippen LogP contribution in [0.3, 0.4) is 0 Å². The van der Waals surface area contributed by atoms with E-state index < -0.39 is 0 Å². The molecule has 0 unspecified atom stereocenters. The number of likely N-dealkylation sites (N-methyl/N-ethyl adjacent to an activating group) is 1. The van der Waals surface area contributed by atoms with Gasteiger partial charge in [0, 0.05) is 35.6 Å². The number of nitrogens with zero attached hydrogens (tertiary/aromatic N) is 1. The SMILES string of the molecule is C/C=C1/C[N@@+]2(C)[C@@H]3Cc4c([nH]c5ccc(O)cc45)[C@@H]2C[C@H]1[C@H]3CO. The van der Waals surface area contributed by atoms with Crippen molar-refractivity contribution in [3.63, 3.8) is 0 Å². The molecule has 3 fully saturated rings. The first-order valence-corrected chi connectivity index (χ1v) is 9.01. The van der Waals surface area contributed by atoms with Crippen molar-refractivity contribution in [2.75, 3.05) is 20.2 Å². The van der Waals surface area contributed by atoms with Crippen molar-refractivity contribution in [2.45, 2.75) is 31.8 Å². The Morgan fingerprint density at radius 3 is 2.96 bits per heavy atom. The number of aromatic amines is 1. The Hall–Kier alpha value is -1.78. The minimum atomic E-state index is 0.274. The van der Waals surface area contributed by atoms with Gasteiger partial charge in [0.15, 0.2) is 0 Å². The maximum atomic E-state index is 10.1. The third-order valence-electron chi connectivity index (χ3n) is 7.21. The van der Waals surface area contributed by atoms with Crippen LogP contribution in [0.4, 0.5) is 0 Å². The summed E-state index contributed by atoms with van der Waals surface area (Å²) in [5.41, 5.74) is 5.39. The van der Waals surface area contributed by atoms with Crippen LogP contribution in [0.1, 0.15) is 30.6 Å². The molecule has 2 aromatic rings. The van der Waals surface area contributed by atoms with E-state index in [1.165, 1.54) is 16.8 Å². The predicted molar refractivity (Wildman–Crippen MR) is 93.7 cm³/mol. The number of hydrogen-bond donors (Lipinski definition) is 3. The second kappa shape index (κ2) is 4.64. The molecule has 3 N–H and O–H groups in total. The minimum absolute atomic E-state index is 0.274. The molecule has 5 atom stereocenters. The summed E-state index contributed by atoms with van der Waals surface area (Å²) in [4.78, 5) is 3.67. The normalized spacial score (nSPS) is 38.7. The Morgan fingerprint density at radius 2 is 2.21 bits per heavy atom. The highest BCUT2D eigenvalue weighted by atomic mass is 16.3. The molecule has 6 rings (SSSR count). The summed E-state index contributed by atoms with van der Waals surface area (Å²) in [6.45, 7) is 3.52. The van der Waals surface area contributed by atoms with Crippen molar-refractivity contribution in [2.24, 2.45) is 11.8 Å². The lowest BCUT2D eigenvalue weighted by atomic mass is 9.62. The van der Waals surface area contributed by atoms with E-state index in [2.05, 4.69) is 25.0 Å². The van der Waals surface area contributed by atoms with E-state index >= 15 is 0 Å². The molecule has 24 heavy (non-hydrogen) atoms. The number of benzene rings is 1. The number of aliphatic hydroxyl groups excluding tert-OH is 1. The zero-order chi connectivity index (χ0) is 16.6. The Labute approximate surface area is 142 Å². The molecule has 0 saturated carbocycles. The van der Waals surface area contributed by atoms with Gasteiger partial charge in [0.2, 0.25) is 0 Å². The highest BCUT2D eigenvalue weighted by molar-refractivity contribution is 5.86. The molecule has 3 saturated heterocycles. The van der Waals surface area contributed by atoms with Crippen LogP contribution in [-0.4, -0.2) is 45.9 Å². The molecule has 4 bridgehead atoms. The van der Waals surface area contributed by atoms with E-state index in [-0.39, 0.29) is 6.61 Å². The fourth-order valence-electron chi connectivity index (χ4n) is 6.05. The van der Waals surface area contributed by atoms with E-state index in [1.807, 2.05) is 12.1 Å². The van der Waals surface area contributed by atoms with Crippen LogP contribution in [-0.2, 0) is 6.42 Å². The summed E-state index contributed by atoms with van der Waals surface area (Å²) in [7, 11) is 2.38. The predicted octanol–water partition coefficient (Wildman–Crippen LogP) is 2.87. The van der Waals surface area contributed by atoms with E-state index in [1.54, 1.807) is 6.07 Å². The highest BCUT2D eigenvalue weighted by Crippen LogP contribution is 2.57. The Bertz CT molecular complexity index is 868. The molecule has 5 heterocycles. The van der Waals surface area contributed by atoms with Gasteiger partial charge in [0.1, 0.15) is 18.3 Å². The lowest BCUT2D eigenvalue weighted by molar-refractivity contribution is -0.978. The highest BCUT2D eigenvalue weighted by Gasteiger charge is 2.61. The number of piperidine rings is 3. The Balaban J connectivity index is 1.73. The van der Waals surface area contributed by atoms with Crippen LogP contribution < -0.4 is 0 Å². The molecule has 4 heteroatoms. The zero-order valence-corrected chi connectivity index (χ0v) is 14.3. The molecular weight excluding hydrogens is 300 g/mol. The van der Waals surface area contributed by atoms with Crippen LogP contribution in [0.25, 0.3) is 10.9 Å². The summed E-state index contributed by atoms with van der Waals surface area (Å²) < 4.78 is 1.02. The summed E-state index contributed by atoms with van der Waals surface area (Å²) >= 11 is 0. The molecular formula is C20H25N2O2+. The van der Waals surface area contributed by atoms with Gasteiger partial charge in [-0.3, -0.25) is 0 Å². The number of hydrogen-bond acceptors (Lipinski definition) is 2. The first kappa shape index (κ1) is 14.6. The standard InChI is InChI=1S/C20H24N2O2/c1-3-11-9-22(2)18-8-15-14-6-12(24)4-5-17(14)21-20(15)19(22)7-13(11)16(18)10-23/h3-6,13,16,18-19,21,23H,7-10H2,1-2H3/p+1/b11-3-/t13-,16-,18-,19+,22+/m1/s1. The van der Waals surface area contributed by atoms with Gasteiger partial charge in [-0.15, -0.1) is 0 Å². The van der Waals surface area contributed by atoms with Crippen molar-refractivity contribution in [1.82, 2.24) is 4.98 Å². The van der Waals surface area contributed by atoms with E-state index in [4.69, 9.17) is 0 Å². The Morgan fingerprint density at radius 1 is 1.38 bits per heavy atom. The molecule has 1 aromatic carbocycles. The van der Waals surface area contributed by atoms with Gasteiger partial charge < -0.3 is 19.7 Å². The third-order valence-corrected chi connectivity index (χ3v) is 7.21. The molecule has 4 aliphatic rings. The third kappa shape index (κ3) is 1.60. The number of allylic oxidation sites excluding steroid dienone is 1.